The molecule has 2 aliphatic heterocycles. The lowest BCUT2D eigenvalue weighted by atomic mass is 9.97. The largest absolute Gasteiger partial charge is 0.497 e. The summed E-state index contributed by atoms with van der Waals surface area (Å²) in [5.74, 6) is 1.48. The normalized spacial score (nSPS) is 15.5. The number of rotatable bonds is 11. The van der Waals surface area contributed by atoms with Crippen LogP contribution in [0.15, 0.2) is 65.8 Å². The third-order valence-electron chi connectivity index (χ3n) is 10.4. The molecule has 0 bridgehead atoms. The van der Waals surface area contributed by atoms with Gasteiger partial charge in [-0.3, -0.25) is 9.48 Å². The Bertz CT molecular complexity index is 2470. The van der Waals surface area contributed by atoms with Crippen molar-refractivity contribution in [1.29, 1.82) is 0 Å². The molecule has 1 atom stereocenters. The van der Waals surface area contributed by atoms with Gasteiger partial charge in [-0.15, -0.1) is 11.8 Å². The number of hydrogen-bond donors (Lipinski definition) is 0. The molecule has 318 valence electrons. The van der Waals surface area contributed by atoms with E-state index in [0.29, 0.717) is 72.6 Å². The summed E-state index contributed by atoms with van der Waals surface area (Å²) in [4.78, 5) is 27.1. The molecule has 19 heteroatoms. The molecule has 1 amide bonds. The topological polar surface area (TPSA) is 123 Å². The van der Waals surface area contributed by atoms with E-state index in [4.69, 9.17) is 32.7 Å². The van der Waals surface area contributed by atoms with Crippen LogP contribution in [0.4, 0.5) is 24.7 Å². The minimum Gasteiger partial charge on any atom is -0.497 e. The van der Waals surface area contributed by atoms with Gasteiger partial charge in [0.15, 0.2) is 5.69 Å². The highest BCUT2D eigenvalue weighted by Crippen LogP contribution is 2.50. The fourth-order valence-corrected chi connectivity index (χ4v) is 9.80. The molecule has 0 fully saturated rings. The van der Waals surface area contributed by atoms with Gasteiger partial charge in [0.1, 0.15) is 17.3 Å². The van der Waals surface area contributed by atoms with Crippen LogP contribution in [-0.4, -0.2) is 80.1 Å². The summed E-state index contributed by atoms with van der Waals surface area (Å²) >= 11 is 14.7. The predicted octanol–water partition coefficient (Wildman–Crippen LogP) is 8.27. The van der Waals surface area contributed by atoms with E-state index in [1.54, 1.807) is 33.0 Å². The highest BCUT2D eigenvalue weighted by Gasteiger charge is 2.41. The van der Waals surface area contributed by atoms with E-state index in [1.165, 1.54) is 28.8 Å². The molecular weight excluding hydrogens is 863 g/mol. The number of carbonyl (C=O) groups excluding carboxylic acids is 1. The first-order chi connectivity index (χ1) is 28.4. The number of benzene rings is 3. The Balaban J connectivity index is 1.29. The minimum absolute atomic E-state index is 0.0358. The molecule has 0 aliphatic carbocycles. The zero-order valence-electron chi connectivity index (χ0n) is 33.4. The molecule has 0 saturated heterocycles. The molecule has 12 nitrogen and oxygen atoms in total. The van der Waals surface area contributed by atoms with Crippen molar-refractivity contribution in [3.63, 3.8) is 0 Å². The monoisotopic (exact) mass is 903 g/mol. The number of aryl methyl sites for hydroxylation is 1. The number of sulfone groups is 1. The lowest BCUT2D eigenvalue weighted by Crippen LogP contribution is -2.28. The number of ether oxygens (including phenoxy) is 2. The smallest absolute Gasteiger partial charge is 0.418 e. The summed E-state index contributed by atoms with van der Waals surface area (Å²) in [6.07, 6.45) is -3.29. The Labute approximate surface area is 360 Å². The van der Waals surface area contributed by atoms with Gasteiger partial charge < -0.3 is 24.2 Å². The van der Waals surface area contributed by atoms with Crippen molar-refractivity contribution in [3.05, 3.63) is 116 Å². The van der Waals surface area contributed by atoms with E-state index in [2.05, 4.69) is 15.1 Å². The van der Waals surface area contributed by atoms with Gasteiger partial charge in [-0.25, -0.2) is 18.4 Å². The van der Waals surface area contributed by atoms with Crippen molar-refractivity contribution < 1.29 is 35.9 Å². The van der Waals surface area contributed by atoms with E-state index >= 15 is 13.2 Å². The molecule has 0 radical (unpaired) electrons. The molecule has 60 heavy (non-hydrogen) atoms. The van der Waals surface area contributed by atoms with Crippen LogP contribution < -0.4 is 19.3 Å². The van der Waals surface area contributed by atoms with Gasteiger partial charge in [0.05, 0.1) is 47.8 Å². The van der Waals surface area contributed by atoms with E-state index in [9.17, 15) is 13.2 Å². The summed E-state index contributed by atoms with van der Waals surface area (Å²) in [5.41, 5.74) is 2.83. The summed E-state index contributed by atoms with van der Waals surface area (Å²) < 4.78 is 83.7. The van der Waals surface area contributed by atoms with Crippen molar-refractivity contribution in [2.45, 2.75) is 61.4 Å². The van der Waals surface area contributed by atoms with Crippen molar-refractivity contribution >= 4 is 62.2 Å². The standard InChI is InChI=1S/C41H42Cl2F3N7O5S2/c1-50(2)39(54)37-36(43)33-22-51(15-6-16-53(33)49-37)38-30-23-59-34(19-32(30)47-40(48-38)60(5,55)56)29-17-26(18-31(42)35(29)41(44,45)46)52(20-24-7-11-27(57-3)12-8-24)21-25-9-13-28(58-4)14-10-25/h7-14,17-18,34H,6,15-16,19-23H2,1-5H3. The van der Waals surface area contributed by atoms with Crippen LogP contribution in [0.5, 0.6) is 11.5 Å². The molecular formula is C41H42Cl2F3N7O5S2. The number of alkyl halides is 3. The molecule has 2 aromatic heterocycles. The average molecular weight is 905 g/mol. The summed E-state index contributed by atoms with van der Waals surface area (Å²) in [6.45, 7) is 1.69. The van der Waals surface area contributed by atoms with Gasteiger partial charge in [-0.2, -0.15) is 18.3 Å². The zero-order chi connectivity index (χ0) is 43.1. The van der Waals surface area contributed by atoms with Gasteiger partial charge in [-0.05, 0) is 59.5 Å². The number of carbonyl (C=O) groups is 1. The molecule has 0 N–H and O–H groups in total. The number of halogens is 5. The number of nitrogens with zero attached hydrogens (tertiary/aromatic N) is 7. The zero-order valence-corrected chi connectivity index (χ0v) is 36.5. The van der Waals surface area contributed by atoms with Gasteiger partial charge >= 0.3 is 6.18 Å². The van der Waals surface area contributed by atoms with Gasteiger partial charge in [0.25, 0.3) is 5.91 Å². The van der Waals surface area contributed by atoms with Crippen molar-refractivity contribution in [3.8, 4) is 11.5 Å². The lowest BCUT2D eigenvalue weighted by Gasteiger charge is -2.32. The van der Waals surface area contributed by atoms with Crippen molar-refractivity contribution in [1.82, 2.24) is 24.6 Å². The van der Waals surface area contributed by atoms with Crippen LogP contribution in [0.3, 0.4) is 0 Å². The maximum absolute atomic E-state index is 15.1. The number of anilines is 2. The van der Waals surface area contributed by atoms with Gasteiger partial charge in [0, 0.05) is 75.2 Å². The number of fused-ring (bicyclic) bond motifs is 2. The molecule has 3 aromatic carbocycles. The number of amides is 1. The number of thioether (sulfide) groups is 1. The van der Waals surface area contributed by atoms with Crippen LogP contribution in [0, 0.1) is 0 Å². The Morgan fingerprint density at radius 1 is 0.950 bits per heavy atom. The second-order valence-electron chi connectivity index (χ2n) is 14.8. The third kappa shape index (κ3) is 9.14. The fraction of sp³-hybridized carbons (Fsp3) is 0.366. The number of methoxy groups -OCH3 is 2. The second-order valence-corrected chi connectivity index (χ2v) is 18.7. The second kappa shape index (κ2) is 17.3. The highest BCUT2D eigenvalue weighted by molar-refractivity contribution is 7.98. The maximum Gasteiger partial charge on any atom is 0.418 e. The maximum atomic E-state index is 15.1. The molecule has 0 spiro atoms. The summed E-state index contributed by atoms with van der Waals surface area (Å²) in [6, 6.07) is 17.7. The number of hydrogen-bond acceptors (Lipinski definition) is 11. The third-order valence-corrected chi connectivity index (χ3v) is 13.2. The fourth-order valence-electron chi connectivity index (χ4n) is 7.36. The lowest BCUT2D eigenvalue weighted by molar-refractivity contribution is -0.138. The Morgan fingerprint density at radius 3 is 2.12 bits per heavy atom. The first-order valence-electron chi connectivity index (χ1n) is 18.8. The quantitative estimate of drug-likeness (QED) is 0.119. The Hall–Kier alpha value is -4.71. The summed E-state index contributed by atoms with van der Waals surface area (Å²) in [5, 5.41) is 2.95. The van der Waals surface area contributed by atoms with Gasteiger partial charge in [-0.1, -0.05) is 47.5 Å². The van der Waals surface area contributed by atoms with Crippen LogP contribution in [0.25, 0.3) is 0 Å². The predicted molar refractivity (Wildman–Crippen MR) is 226 cm³/mol. The molecule has 1 unspecified atom stereocenters. The van der Waals surface area contributed by atoms with Crippen LogP contribution in [-0.2, 0) is 54.4 Å². The highest BCUT2D eigenvalue weighted by atomic mass is 35.5. The molecule has 5 aromatic rings. The minimum atomic E-state index is -4.81. The first kappa shape index (κ1) is 43.4. The Kier molecular flexibility index (Phi) is 12.5. The first-order valence-corrected chi connectivity index (χ1v) is 22.5. The van der Waals surface area contributed by atoms with E-state index < -0.39 is 37.0 Å². The SMILES string of the molecule is COc1ccc(CN(Cc2ccc(OC)cc2)c2cc(Cl)c(C(F)(F)F)c(C3Cc4nc(S(C)(=O)=O)nc(N5CCCn6nc(C(=O)N(C)C)c(Cl)c6C5)c4CS3)c2)cc1. The van der Waals surface area contributed by atoms with Crippen molar-refractivity contribution in [2.75, 3.05) is 50.9 Å². The van der Waals surface area contributed by atoms with Crippen molar-refractivity contribution in [2.24, 2.45) is 0 Å². The Morgan fingerprint density at radius 2 is 1.57 bits per heavy atom. The summed E-state index contributed by atoms with van der Waals surface area (Å²) in [7, 11) is 2.37. The molecule has 2 aliphatic rings. The van der Waals surface area contributed by atoms with E-state index in [1.807, 2.05) is 58.3 Å². The van der Waals surface area contributed by atoms with Gasteiger partial charge in [0.2, 0.25) is 15.0 Å². The average Bonchev–Trinajstić information content (AvgIpc) is 3.36. The van der Waals surface area contributed by atoms with Crippen LogP contribution >= 0.6 is 35.0 Å². The van der Waals surface area contributed by atoms with E-state index in [0.717, 1.165) is 17.4 Å². The molecule has 7 rings (SSSR count). The number of aromatic nitrogens is 4. The molecule has 0 saturated carbocycles. The van der Waals surface area contributed by atoms with Crippen LogP contribution in [0.2, 0.25) is 10.0 Å². The van der Waals surface area contributed by atoms with E-state index in [-0.39, 0.29) is 40.9 Å². The molecule has 4 heterocycles. The van der Waals surface area contributed by atoms with Crippen LogP contribution in [0.1, 0.15) is 61.4 Å².